The third kappa shape index (κ3) is 2.66. The molecule has 0 radical (unpaired) electrons. The molecule has 1 nitrogen and oxygen atoms in total. The summed E-state index contributed by atoms with van der Waals surface area (Å²) in [6, 6.07) is 0. The second-order valence-electron chi connectivity index (χ2n) is 2.60. The predicted molar refractivity (Wildman–Crippen MR) is 38.4 cm³/mol. The van der Waals surface area contributed by atoms with Crippen LogP contribution in [-0.2, 0) is 4.74 Å². The van der Waals surface area contributed by atoms with Crippen molar-refractivity contribution in [1.82, 2.24) is 0 Å². The highest BCUT2D eigenvalue weighted by Gasteiger charge is 1.98. The van der Waals surface area contributed by atoms with Crippen LogP contribution in [0.4, 0.5) is 0 Å². The van der Waals surface area contributed by atoms with Crippen molar-refractivity contribution in [1.29, 1.82) is 0 Å². The minimum Gasteiger partial charge on any atom is -0.381 e. The first-order valence-electron chi connectivity index (χ1n) is 3.64. The highest BCUT2D eigenvalue weighted by atomic mass is 16.5. The van der Waals surface area contributed by atoms with Crippen molar-refractivity contribution in [3.63, 3.8) is 0 Å². The topological polar surface area (TPSA) is 9.23 Å². The van der Waals surface area contributed by atoms with Gasteiger partial charge in [-0.25, -0.2) is 0 Å². The quantitative estimate of drug-likeness (QED) is 0.451. The van der Waals surface area contributed by atoms with Crippen LogP contribution in [0.5, 0.6) is 0 Å². The molecule has 1 aliphatic rings. The van der Waals surface area contributed by atoms with Gasteiger partial charge in [-0.15, -0.1) is 0 Å². The minimum absolute atomic E-state index is 0.713. The van der Waals surface area contributed by atoms with Crippen molar-refractivity contribution < 1.29 is 4.74 Å². The summed E-state index contributed by atoms with van der Waals surface area (Å²) in [5, 5.41) is 0. The molecule has 1 rings (SSSR count). The van der Waals surface area contributed by atoms with E-state index in [1.807, 2.05) is 0 Å². The Morgan fingerprint density at radius 1 is 1.44 bits per heavy atom. The Hall–Kier alpha value is -0.300. The lowest BCUT2D eigenvalue weighted by molar-refractivity contribution is 0.127. The van der Waals surface area contributed by atoms with Crippen molar-refractivity contribution in [2.24, 2.45) is 5.92 Å². The predicted octanol–water partition coefficient (Wildman–Crippen LogP) is 1.99. The van der Waals surface area contributed by atoms with E-state index >= 15 is 0 Å². The van der Waals surface area contributed by atoms with Gasteiger partial charge in [-0.2, -0.15) is 0 Å². The number of ether oxygens (including phenoxy) is 1. The molecule has 0 N–H and O–H groups in total. The van der Waals surface area contributed by atoms with Gasteiger partial charge in [0.25, 0.3) is 0 Å². The van der Waals surface area contributed by atoms with Crippen LogP contribution in [-0.4, -0.2) is 13.2 Å². The Morgan fingerprint density at radius 3 is 3.22 bits per heavy atom. The molecule has 9 heavy (non-hydrogen) atoms. The molecule has 0 spiro atoms. The van der Waals surface area contributed by atoms with Gasteiger partial charge in [0.1, 0.15) is 0 Å². The highest BCUT2D eigenvalue weighted by Crippen LogP contribution is 2.07. The van der Waals surface area contributed by atoms with Gasteiger partial charge in [0.2, 0.25) is 0 Å². The van der Waals surface area contributed by atoms with Gasteiger partial charge in [-0.3, -0.25) is 0 Å². The molecule has 0 saturated heterocycles. The van der Waals surface area contributed by atoms with E-state index in [9.17, 15) is 0 Å². The molecular weight excluding hydrogens is 112 g/mol. The standard InChI is InChI=1S/C8H14O/c1-8-4-2-3-6-9-7-5-8/h2,4,8H,3,5-7H2,1H3/b4-2+. The Balaban J connectivity index is 2.30. The maximum atomic E-state index is 5.29. The molecule has 1 unspecified atom stereocenters. The second-order valence-corrected chi connectivity index (χ2v) is 2.60. The lowest BCUT2D eigenvalue weighted by Crippen LogP contribution is -2.03. The van der Waals surface area contributed by atoms with E-state index in [4.69, 9.17) is 4.74 Å². The molecule has 0 aromatic carbocycles. The fourth-order valence-corrected chi connectivity index (χ4v) is 0.947. The van der Waals surface area contributed by atoms with Crippen molar-refractivity contribution in [3.05, 3.63) is 12.2 Å². The highest BCUT2D eigenvalue weighted by molar-refractivity contribution is 4.87. The molecule has 52 valence electrons. The molecule has 0 bridgehead atoms. The summed E-state index contributed by atoms with van der Waals surface area (Å²) in [5.74, 6) is 0.713. The largest absolute Gasteiger partial charge is 0.381 e. The Morgan fingerprint density at radius 2 is 2.33 bits per heavy atom. The van der Waals surface area contributed by atoms with Crippen LogP contribution in [0.2, 0.25) is 0 Å². The van der Waals surface area contributed by atoms with Crippen molar-refractivity contribution >= 4 is 0 Å². The Labute approximate surface area is 56.7 Å². The lowest BCUT2D eigenvalue weighted by atomic mass is 10.1. The molecule has 0 aliphatic carbocycles. The molecule has 0 fully saturated rings. The maximum absolute atomic E-state index is 5.29. The first kappa shape index (κ1) is 6.81. The monoisotopic (exact) mass is 126 g/mol. The van der Waals surface area contributed by atoms with Crippen LogP contribution in [0.3, 0.4) is 0 Å². The fraction of sp³-hybridized carbons (Fsp3) is 0.750. The van der Waals surface area contributed by atoms with Crippen LogP contribution < -0.4 is 0 Å². The van der Waals surface area contributed by atoms with E-state index in [2.05, 4.69) is 19.1 Å². The zero-order valence-electron chi connectivity index (χ0n) is 5.97. The van der Waals surface area contributed by atoms with Gasteiger partial charge in [0, 0.05) is 6.61 Å². The maximum Gasteiger partial charge on any atom is 0.0500 e. The molecule has 1 heterocycles. The number of rotatable bonds is 0. The van der Waals surface area contributed by atoms with Gasteiger partial charge in [0.15, 0.2) is 0 Å². The van der Waals surface area contributed by atoms with E-state index < -0.39 is 0 Å². The normalized spacial score (nSPS) is 32.8. The van der Waals surface area contributed by atoms with Crippen LogP contribution in [0.1, 0.15) is 19.8 Å². The molecule has 0 aromatic rings. The van der Waals surface area contributed by atoms with E-state index in [-0.39, 0.29) is 0 Å². The van der Waals surface area contributed by atoms with E-state index in [1.54, 1.807) is 0 Å². The summed E-state index contributed by atoms with van der Waals surface area (Å²) in [6.07, 6.45) is 6.76. The average Bonchev–Trinajstić information content (AvgIpc) is 1.79. The van der Waals surface area contributed by atoms with Crippen molar-refractivity contribution in [2.45, 2.75) is 19.8 Å². The molecule has 1 atom stereocenters. The van der Waals surface area contributed by atoms with Gasteiger partial charge < -0.3 is 4.74 Å². The number of hydrogen-bond acceptors (Lipinski definition) is 1. The Kier molecular flexibility index (Phi) is 2.78. The average molecular weight is 126 g/mol. The van der Waals surface area contributed by atoms with E-state index in [0.717, 1.165) is 19.6 Å². The molecule has 0 saturated carbocycles. The first-order chi connectivity index (χ1) is 4.39. The summed E-state index contributed by atoms with van der Waals surface area (Å²) >= 11 is 0. The molecule has 1 heteroatoms. The van der Waals surface area contributed by atoms with Crippen molar-refractivity contribution in [2.75, 3.05) is 13.2 Å². The summed E-state index contributed by atoms with van der Waals surface area (Å²) in [6.45, 7) is 4.07. The third-order valence-electron chi connectivity index (χ3n) is 1.61. The van der Waals surface area contributed by atoms with Crippen LogP contribution in [0, 0.1) is 5.92 Å². The summed E-state index contributed by atoms with van der Waals surface area (Å²) < 4.78 is 5.29. The zero-order chi connectivity index (χ0) is 6.53. The summed E-state index contributed by atoms with van der Waals surface area (Å²) in [7, 11) is 0. The molecular formula is C8H14O. The van der Waals surface area contributed by atoms with Crippen LogP contribution in [0.25, 0.3) is 0 Å². The van der Waals surface area contributed by atoms with Gasteiger partial charge in [-0.1, -0.05) is 19.1 Å². The van der Waals surface area contributed by atoms with Gasteiger partial charge >= 0.3 is 0 Å². The van der Waals surface area contributed by atoms with E-state index in [1.165, 1.54) is 6.42 Å². The number of hydrogen-bond donors (Lipinski definition) is 0. The molecule has 0 amide bonds. The summed E-state index contributed by atoms with van der Waals surface area (Å²) in [4.78, 5) is 0. The first-order valence-corrected chi connectivity index (χ1v) is 3.64. The lowest BCUT2D eigenvalue weighted by Gasteiger charge is -2.09. The van der Waals surface area contributed by atoms with E-state index in [0.29, 0.717) is 5.92 Å². The second kappa shape index (κ2) is 3.67. The minimum atomic E-state index is 0.713. The summed E-state index contributed by atoms with van der Waals surface area (Å²) in [5.41, 5.74) is 0. The van der Waals surface area contributed by atoms with Crippen LogP contribution in [0.15, 0.2) is 12.2 Å². The molecule has 0 aromatic heterocycles. The number of allylic oxidation sites excluding steroid dienone is 1. The fourth-order valence-electron chi connectivity index (χ4n) is 0.947. The van der Waals surface area contributed by atoms with Crippen molar-refractivity contribution in [3.8, 4) is 0 Å². The molecule has 1 aliphatic heterocycles. The SMILES string of the molecule is CC1/C=C/CCOCC1. The third-order valence-corrected chi connectivity index (χ3v) is 1.61. The Bertz CT molecular complexity index is 96.7. The van der Waals surface area contributed by atoms with Crippen LogP contribution >= 0.6 is 0 Å². The van der Waals surface area contributed by atoms with Gasteiger partial charge in [0.05, 0.1) is 6.61 Å². The zero-order valence-corrected chi connectivity index (χ0v) is 5.97. The van der Waals surface area contributed by atoms with Gasteiger partial charge in [-0.05, 0) is 18.8 Å². The smallest absolute Gasteiger partial charge is 0.0500 e.